The van der Waals surface area contributed by atoms with Crippen molar-refractivity contribution in [2.24, 2.45) is 5.92 Å². The van der Waals surface area contributed by atoms with Crippen molar-refractivity contribution in [1.29, 1.82) is 0 Å². The van der Waals surface area contributed by atoms with Crippen LogP contribution in [0.4, 0.5) is 0 Å². The standard InChI is InChI=1S/C14H18BrNO2/c1-18-13-6-5-11(9-12(13)15)14(17)16-8-7-10-3-2-4-10/h5-6,9-10H,2-4,7-8H2,1H3,(H,16,17). The van der Waals surface area contributed by atoms with Gasteiger partial charge in [0.15, 0.2) is 0 Å². The van der Waals surface area contributed by atoms with E-state index in [0.29, 0.717) is 5.56 Å². The summed E-state index contributed by atoms with van der Waals surface area (Å²) in [6, 6.07) is 5.37. The van der Waals surface area contributed by atoms with Crippen molar-refractivity contribution >= 4 is 21.8 Å². The molecule has 2 rings (SSSR count). The number of benzene rings is 1. The number of halogens is 1. The second-order valence-corrected chi connectivity index (χ2v) is 5.55. The number of hydrogen-bond donors (Lipinski definition) is 1. The first-order chi connectivity index (χ1) is 8.70. The fraction of sp³-hybridized carbons (Fsp3) is 0.500. The Kier molecular flexibility index (Phi) is 4.64. The van der Waals surface area contributed by atoms with Crippen molar-refractivity contribution in [3.05, 3.63) is 28.2 Å². The average Bonchev–Trinajstić information content (AvgIpc) is 2.32. The third-order valence-electron chi connectivity index (χ3n) is 3.48. The molecule has 0 atom stereocenters. The van der Waals surface area contributed by atoms with Crippen LogP contribution >= 0.6 is 15.9 Å². The van der Waals surface area contributed by atoms with Crippen LogP contribution in [0.2, 0.25) is 0 Å². The Morgan fingerprint density at radius 3 is 2.83 bits per heavy atom. The van der Waals surface area contributed by atoms with Crippen molar-refractivity contribution in [1.82, 2.24) is 5.32 Å². The molecule has 0 bridgehead atoms. The maximum absolute atomic E-state index is 11.9. The second kappa shape index (κ2) is 6.23. The van der Waals surface area contributed by atoms with Gasteiger partial charge in [0, 0.05) is 12.1 Å². The molecule has 0 unspecified atom stereocenters. The molecule has 1 amide bonds. The second-order valence-electron chi connectivity index (χ2n) is 4.69. The molecule has 0 saturated heterocycles. The number of rotatable bonds is 5. The Morgan fingerprint density at radius 2 is 2.28 bits per heavy atom. The average molecular weight is 312 g/mol. The van der Waals surface area contributed by atoms with Gasteiger partial charge < -0.3 is 10.1 Å². The highest BCUT2D eigenvalue weighted by Gasteiger charge is 2.17. The van der Waals surface area contributed by atoms with Gasteiger partial charge in [-0.3, -0.25) is 4.79 Å². The van der Waals surface area contributed by atoms with Gasteiger partial charge in [-0.2, -0.15) is 0 Å². The zero-order chi connectivity index (χ0) is 13.0. The molecule has 1 aromatic rings. The number of ether oxygens (including phenoxy) is 1. The Hall–Kier alpha value is -1.03. The number of methoxy groups -OCH3 is 1. The van der Waals surface area contributed by atoms with Gasteiger partial charge in [0.1, 0.15) is 5.75 Å². The summed E-state index contributed by atoms with van der Waals surface area (Å²) in [6.07, 6.45) is 5.10. The molecule has 1 aliphatic rings. The van der Waals surface area contributed by atoms with Crippen molar-refractivity contribution in [2.45, 2.75) is 25.7 Å². The van der Waals surface area contributed by atoms with Crippen LogP contribution in [0.5, 0.6) is 5.75 Å². The highest BCUT2D eigenvalue weighted by Crippen LogP contribution is 2.29. The lowest BCUT2D eigenvalue weighted by Gasteiger charge is -2.25. The van der Waals surface area contributed by atoms with Crippen LogP contribution in [-0.2, 0) is 0 Å². The summed E-state index contributed by atoms with van der Waals surface area (Å²) < 4.78 is 5.94. The number of carbonyl (C=O) groups excluding carboxylic acids is 1. The topological polar surface area (TPSA) is 38.3 Å². The van der Waals surface area contributed by atoms with Gasteiger partial charge >= 0.3 is 0 Å². The summed E-state index contributed by atoms with van der Waals surface area (Å²) in [4.78, 5) is 11.9. The van der Waals surface area contributed by atoms with E-state index in [9.17, 15) is 4.79 Å². The first-order valence-electron chi connectivity index (χ1n) is 6.32. The van der Waals surface area contributed by atoms with E-state index < -0.39 is 0 Å². The third-order valence-corrected chi connectivity index (χ3v) is 4.10. The Balaban J connectivity index is 1.85. The monoisotopic (exact) mass is 311 g/mol. The minimum Gasteiger partial charge on any atom is -0.496 e. The Labute approximate surface area is 116 Å². The maximum Gasteiger partial charge on any atom is 0.251 e. The summed E-state index contributed by atoms with van der Waals surface area (Å²) in [7, 11) is 1.61. The molecule has 0 spiro atoms. The van der Waals surface area contributed by atoms with Gasteiger partial charge in [0.25, 0.3) is 5.91 Å². The molecule has 1 fully saturated rings. The van der Waals surface area contributed by atoms with Crippen molar-refractivity contribution in [3.63, 3.8) is 0 Å². The molecule has 18 heavy (non-hydrogen) atoms. The van der Waals surface area contributed by atoms with E-state index in [2.05, 4.69) is 21.2 Å². The van der Waals surface area contributed by atoms with E-state index in [1.165, 1.54) is 19.3 Å². The molecule has 1 N–H and O–H groups in total. The molecule has 1 saturated carbocycles. The SMILES string of the molecule is COc1ccc(C(=O)NCCC2CCC2)cc1Br. The van der Waals surface area contributed by atoms with Crippen molar-refractivity contribution < 1.29 is 9.53 Å². The smallest absolute Gasteiger partial charge is 0.251 e. The highest BCUT2D eigenvalue weighted by atomic mass is 79.9. The van der Waals surface area contributed by atoms with Crippen LogP contribution in [0.3, 0.4) is 0 Å². The molecule has 0 heterocycles. The van der Waals surface area contributed by atoms with Gasteiger partial charge in [0.2, 0.25) is 0 Å². The van der Waals surface area contributed by atoms with Gasteiger partial charge in [-0.15, -0.1) is 0 Å². The fourth-order valence-electron chi connectivity index (χ4n) is 2.08. The lowest BCUT2D eigenvalue weighted by Crippen LogP contribution is -2.27. The van der Waals surface area contributed by atoms with E-state index in [0.717, 1.165) is 29.1 Å². The number of nitrogens with one attached hydrogen (secondary N) is 1. The quantitative estimate of drug-likeness (QED) is 0.905. The summed E-state index contributed by atoms with van der Waals surface area (Å²) in [6.45, 7) is 0.771. The molecule has 1 aromatic carbocycles. The highest BCUT2D eigenvalue weighted by molar-refractivity contribution is 9.10. The summed E-state index contributed by atoms with van der Waals surface area (Å²) in [5, 5.41) is 2.96. The predicted molar refractivity (Wildman–Crippen MR) is 75.0 cm³/mol. The third kappa shape index (κ3) is 3.25. The van der Waals surface area contributed by atoms with Crippen molar-refractivity contribution in [2.75, 3.05) is 13.7 Å². The molecule has 98 valence electrons. The van der Waals surface area contributed by atoms with Crippen LogP contribution in [0.25, 0.3) is 0 Å². The lowest BCUT2D eigenvalue weighted by molar-refractivity contribution is 0.0949. The van der Waals surface area contributed by atoms with Gasteiger partial charge in [-0.1, -0.05) is 19.3 Å². The zero-order valence-corrected chi connectivity index (χ0v) is 12.1. The minimum atomic E-state index is -0.0160. The van der Waals surface area contributed by atoms with E-state index in [1.54, 1.807) is 25.3 Å². The molecular formula is C14H18BrNO2. The number of hydrogen-bond acceptors (Lipinski definition) is 2. The molecule has 1 aliphatic carbocycles. The summed E-state index contributed by atoms with van der Waals surface area (Å²) in [5.41, 5.74) is 0.663. The predicted octanol–water partition coefficient (Wildman–Crippen LogP) is 3.38. The minimum absolute atomic E-state index is 0.0160. The maximum atomic E-state index is 11.9. The zero-order valence-electron chi connectivity index (χ0n) is 10.5. The van der Waals surface area contributed by atoms with Crippen LogP contribution in [-0.4, -0.2) is 19.6 Å². The fourth-order valence-corrected chi connectivity index (χ4v) is 2.62. The summed E-state index contributed by atoms with van der Waals surface area (Å²) >= 11 is 3.38. The number of amides is 1. The first-order valence-corrected chi connectivity index (χ1v) is 7.11. The molecule has 0 aromatic heterocycles. The van der Waals surface area contributed by atoms with E-state index in [1.807, 2.05) is 0 Å². The molecule has 3 nitrogen and oxygen atoms in total. The van der Waals surface area contributed by atoms with E-state index in [-0.39, 0.29) is 5.91 Å². The van der Waals surface area contributed by atoms with Crippen LogP contribution in [0.1, 0.15) is 36.0 Å². The largest absolute Gasteiger partial charge is 0.496 e. The van der Waals surface area contributed by atoms with Crippen molar-refractivity contribution in [3.8, 4) is 5.75 Å². The molecule has 4 heteroatoms. The van der Waals surface area contributed by atoms with Crippen LogP contribution < -0.4 is 10.1 Å². The molecule has 0 radical (unpaired) electrons. The van der Waals surface area contributed by atoms with E-state index in [4.69, 9.17) is 4.74 Å². The molecule has 0 aliphatic heterocycles. The van der Waals surface area contributed by atoms with Gasteiger partial charge in [0.05, 0.1) is 11.6 Å². The van der Waals surface area contributed by atoms with Gasteiger partial charge in [-0.25, -0.2) is 0 Å². The first kappa shape index (κ1) is 13.4. The van der Waals surface area contributed by atoms with Crippen LogP contribution in [0, 0.1) is 5.92 Å². The Morgan fingerprint density at radius 1 is 1.50 bits per heavy atom. The van der Waals surface area contributed by atoms with E-state index >= 15 is 0 Å². The summed E-state index contributed by atoms with van der Waals surface area (Å²) in [5.74, 6) is 1.55. The lowest BCUT2D eigenvalue weighted by atomic mass is 9.83. The van der Waals surface area contributed by atoms with Crippen LogP contribution in [0.15, 0.2) is 22.7 Å². The Bertz CT molecular complexity index is 430. The number of carbonyl (C=O) groups is 1. The van der Waals surface area contributed by atoms with Gasteiger partial charge in [-0.05, 0) is 46.5 Å². The molecular weight excluding hydrogens is 294 g/mol. The normalized spacial score (nSPS) is 15.0.